The van der Waals surface area contributed by atoms with E-state index >= 15 is 0 Å². The van der Waals surface area contributed by atoms with Crippen molar-refractivity contribution >= 4 is 52.2 Å². The minimum Gasteiger partial charge on any atom is -0.457 e. The summed E-state index contributed by atoms with van der Waals surface area (Å²) in [6, 6.07) is 12.5. The van der Waals surface area contributed by atoms with Gasteiger partial charge in [0, 0.05) is 22.3 Å². The number of rotatable bonds is 5. The van der Waals surface area contributed by atoms with Gasteiger partial charge in [-0.05, 0) is 60.6 Å². The van der Waals surface area contributed by atoms with Crippen molar-refractivity contribution in [1.29, 1.82) is 0 Å². The smallest absolute Gasteiger partial charge is 0.416 e. The number of nitrogens with one attached hydrogen (secondary N) is 1. The molecule has 1 fully saturated rings. The molecule has 11 heteroatoms. The summed E-state index contributed by atoms with van der Waals surface area (Å²) in [5, 5.41) is 2.41. The van der Waals surface area contributed by atoms with Gasteiger partial charge in [0.15, 0.2) is 0 Å². The predicted molar refractivity (Wildman–Crippen MR) is 127 cm³/mol. The summed E-state index contributed by atoms with van der Waals surface area (Å²) < 4.78 is 44.5. The second-order valence-electron chi connectivity index (χ2n) is 7.56. The van der Waals surface area contributed by atoms with Gasteiger partial charge in [0.2, 0.25) is 5.91 Å². The van der Waals surface area contributed by atoms with E-state index in [1.165, 1.54) is 30.3 Å². The summed E-state index contributed by atoms with van der Waals surface area (Å²) in [5.41, 5.74) is 0.606. The van der Waals surface area contributed by atoms with Crippen LogP contribution in [-0.2, 0) is 15.8 Å². The maximum Gasteiger partial charge on any atom is 0.416 e. The first-order chi connectivity index (χ1) is 16.5. The third-order valence-electron chi connectivity index (χ3n) is 5.02. The van der Waals surface area contributed by atoms with E-state index in [9.17, 15) is 27.6 Å². The number of hydrogen-bond acceptors (Lipinski definition) is 5. The van der Waals surface area contributed by atoms with Crippen molar-refractivity contribution in [2.75, 3.05) is 11.9 Å². The van der Waals surface area contributed by atoms with Gasteiger partial charge in [0.1, 0.15) is 18.1 Å². The van der Waals surface area contributed by atoms with E-state index in [0.717, 1.165) is 22.6 Å². The normalized spacial score (nSPS) is 15.2. The minimum absolute atomic E-state index is 0.0201. The van der Waals surface area contributed by atoms with Crippen molar-refractivity contribution in [1.82, 2.24) is 4.90 Å². The number of anilines is 1. The lowest BCUT2D eigenvalue weighted by molar-refractivity contribution is -0.137. The van der Waals surface area contributed by atoms with E-state index in [1.807, 2.05) is 0 Å². The number of nitrogens with zero attached hydrogens (tertiary/aromatic N) is 1. The molecule has 1 aliphatic rings. The average Bonchev–Trinajstić information content (AvgIpc) is 3.36. The lowest BCUT2D eigenvalue weighted by Gasteiger charge is -2.13. The molecule has 1 N–H and O–H groups in total. The van der Waals surface area contributed by atoms with Gasteiger partial charge in [-0.1, -0.05) is 29.8 Å². The van der Waals surface area contributed by atoms with Crippen molar-refractivity contribution in [3.8, 4) is 11.3 Å². The van der Waals surface area contributed by atoms with Crippen LogP contribution in [0.25, 0.3) is 17.4 Å². The second-order valence-corrected chi connectivity index (χ2v) is 8.99. The van der Waals surface area contributed by atoms with Gasteiger partial charge in [0.25, 0.3) is 11.1 Å². The number of aryl methyl sites for hydroxylation is 1. The van der Waals surface area contributed by atoms with E-state index in [2.05, 4.69) is 5.32 Å². The number of furan rings is 1. The van der Waals surface area contributed by atoms with E-state index in [-0.39, 0.29) is 22.0 Å². The van der Waals surface area contributed by atoms with Gasteiger partial charge in [-0.3, -0.25) is 19.3 Å². The molecule has 0 radical (unpaired) electrons. The Morgan fingerprint density at radius 1 is 1.14 bits per heavy atom. The van der Waals surface area contributed by atoms with E-state index in [1.54, 1.807) is 25.1 Å². The quantitative estimate of drug-likeness (QED) is 0.383. The Balaban J connectivity index is 1.47. The first-order valence-electron chi connectivity index (χ1n) is 10.1. The van der Waals surface area contributed by atoms with Gasteiger partial charge in [-0.25, -0.2) is 0 Å². The second kappa shape index (κ2) is 9.63. The lowest BCUT2D eigenvalue weighted by atomic mass is 10.1. The van der Waals surface area contributed by atoms with Crippen LogP contribution in [0, 0.1) is 6.92 Å². The topological polar surface area (TPSA) is 79.6 Å². The van der Waals surface area contributed by atoms with Crippen molar-refractivity contribution in [2.24, 2.45) is 0 Å². The molecule has 0 bridgehead atoms. The third kappa shape index (κ3) is 5.60. The highest BCUT2D eigenvalue weighted by Gasteiger charge is 2.36. The maximum atomic E-state index is 13.0. The van der Waals surface area contributed by atoms with Crippen LogP contribution in [0.5, 0.6) is 0 Å². The molecule has 0 unspecified atom stereocenters. The Bertz CT molecular complexity index is 1370. The van der Waals surface area contributed by atoms with Crippen LogP contribution in [0.4, 0.5) is 23.7 Å². The van der Waals surface area contributed by atoms with Gasteiger partial charge in [-0.15, -0.1) is 0 Å². The highest BCUT2D eigenvalue weighted by atomic mass is 35.5. The van der Waals surface area contributed by atoms with Gasteiger partial charge < -0.3 is 9.73 Å². The number of carbonyl (C=O) groups is 3. The summed E-state index contributed by atoms with van der Waals surface area (Å²) in [4.78, 5) is 38.3. The zero-order chi connectivity index (χ0) is 25.3. The fourth-order valence-corrected chi connectivity index (χ4v) is 4.25. The zero-order valence-corrected chi connectivity index (χ0v) is 19.6. The molecule has 1 saturated heterocycles. The summed E-state index contributed by atoms with van der Waals surface area (Å²) >= 11 is 6.57. The number of imide groups is 1. The molecule has 3 aromatic rings. The predicted octanol–water partition coefficient (Wildman–Crippen LogP) is 6.60. The molecular formula is C24H16ClF3N2O4S. The molecule has 0 spiro atoms. The van der Waals surface area contributed by atoms with E-state index < -0.39 is 35.3 Å². The number of benzene rings is 2. The monoisotopic (exact) mass is 520 g/mol. The highest BCUT2D eigenvalue weighted by molar-refractivity contribution is 8.18. The maximum absolute atomic E-state index is 13.0. The zero-order valence-electron chi connectivity index (χ0n) is 18.0. The summed E-state index contributed by atoms with van der Waals surface area (Å²) in [6.45, 7) is 1.27. The van der Waals surface area contributed by atoms with E-state index in [4.69, 9.17) is 16.0 Å². The first-order valence-corrected chi connectivity index (χ1v) is 11.3. The first kappa shape index (κ1) is 24.6. The van der Waals surface area contributed by atoms with Gasteiger partial charge in [-0.2, -0.15) is 13.2 Å². The van der Waals surface area contributed by atoms with Crippen LogP contribution in [0.15, 0.2) is 63.9 Å². The molecule has 180 valence electrons. The SMILES string of the molecule is Cc1ccc(Cl)cc1NC(=O)CN1C(=O)S/C(=C/c2ccc(-c3cccc(C(F)(F)F)c3)o2)C1=O. The molecule has 4 rings (SSSR count). The van der Waals surface area contributed by atoms with Crippen LogP contribution in [0.1, 0.15) is 16.9 Å². The molecule has 2 heterocycles. The lowest BCUT2D eigenvalue weighted by Crippen LogP contribution is -2.36. The average molecular weight is 521 g/mol. The van der Waals surface area contributed by atoms with E-state index in [0.29, 0.717) is 22.5 Å². The van der Waals surface area contributed by atoms with Crippen molar-refractivity contribution in [3.63, 3.8) is 0 Å². The molecule has 6 nitrogen and oxygen atoms in total. The minimum atomic E-state index is -4.50. The molecule has 1 aromatic heterocycles. The Kier molecular flexibility index (Phi) is 6.77. The van der Waals surface area contributed by atoms with Crippen LogP contribution in [0.3, 0.4) is 0 Å². The van der Waals surface area contributed by atoms with Crippen LogP contribution in [0.2, 0.25) is 5.02 Å². The molecule has 0 saturated carbocycles. The molecule has 0 atom stereocenters. The Hall–Kier alpha value is -3.50. The number of thioether (sulfide) groups is 1. The molecule has 2 aromatic carbocycles. The number of alkyl halides is 3. The van der Waals surface area contributed by atoms with Crippen LogP contribution < -0.4 is 5.32 Å². The van der Waals surface area contributed by atoms with Crippen molar-refractivity contribution in [2.45, 2.75) is 13.1 Å². The molecule has 0 aliphatic carbocycles. The molecular weight excluding hydrogens is 505 g/mol. The fraction of sp³-hybridized carbons (Fsp3) is 0.125. The fourth-order valence-electron chi connectivity index (χ4n) is 3.26. The standard InChI is InChI=1S/C24H16ClF3N2O4S/c1-13-5-6-16(25)10-18(13)29-21(31)12-30-22(32)20(35-23(30)33)11-17-7-8-19(34-17)14-3-2-4-15(9-14)24(26,27)28/h2-11H,12H2,1H3,(H,29,31)/b20-11+. The van der Waals surface area contributed by atoms with Crippen molar-refractivity contribution in [3.05, 3.63) is 81.4 Å². The largest absolute Gasteiger partial charge is 0.457 e. The Morgan fingerprint density at radius 3 is 2.66 bits per heavy atom. The number of carbonyl (C=O) groups excluding carboxylic acids is 3. The van der Waals surface area contributed by atoms with Gasteiger partial charge >= 0.3 is 6.18 Å². The van der Waals surface area contributed by atoms with Crippen molar-refractivity contribution < 1.29 is 32.0 Å². The molecule has 1 aliphatic heterocycles. The number of halogens is 4. The van der Waals surface area contributed by atoms with Gasteiger partial charge in [0.05, 0.1) is 10.5 Å². The summed E-state index contributed by atoms with van der Waals surface area (Å²) in [5.74, 6) is -0.932. The Morgan fingerprint density at radius 2 is 1.91 bits per heavy atom. The Labute approximate surface area is 206 Å². The number of amides is 3. The third-order valence-corrected chi connectivity index (χ3v) is 6.17. The van der Waals surface area contributed by atoms with Crippen LogP contribution in [-0.4, -0.2) is 28.5 Å². The summed E-state index contributed by atoms with van der Waals surface area (Å²) in [6.07, 6.45) is -3.19. The molecule has 35 heavy (non-hydrogen) atoms. The summed E-state index contributed by atoms with van der Waals surface area (Å²) in [7, 11) is 0. The highest BCUT2D eigenvalue weighted by Crippen LogP contribution is 2.35. The van der Waals surface area contributed by atoms with Crippen LogP contribution >= 0.6 is 23.4 Å². The number of hydrogen-bond donors (Lipinski definition) is 1. The molecule has 3 amide bonds.